The van der Waals surface area contributed by atoms with Crippen molar-refractivity contribution in [3.63, 3.8) is 0 Å². The van der Waals surface area contributed by atoms with Crippen molar-refractivity contribution in [2.75, 3.05) is 20.2 Å². The second-order valence-electron chi connectivity index (χ2n) is 7.16. The Bertz CT molecular complexity index is 1080. The number of rotatable bonds is 8. The number of halogens is 3. The Labute approximate surface area is 190 Å². The van der Waals surface area contributed by atoms with Crippen LogP contribution in [-0.4, -0.2) is 45.4 Å². The van der Waals surface area contributed by atoms with E-state index in [4.69, 9.17) is 16.3 Å². The number of nitrogens with one attached hydrogen (secondary N) is 1. The summed E-state index contributed by atoms with van der Waals surface area (Å²) in [6.45, 7) is -2.20. The molecule has 0 bridgehead atoms. The lowest BCUT2D eigenvalue weighted by atomic mass is 10.1. The van der Waals surface area contributed by atoms with Crippen LogP contribution in [0.25, 0.3) is 0 Å². The number of nitrogens with zero attached hydrogens (tertiary/aromatic N) is 1. The molecule has 11 heteroatoms. The van der Waals surface area contributed by atoms with Gasteiger partial charge in [-0.3, -0.25) is 4.79 Å². The Kier molecular flexibility index (Phi) is 7.91. The van der Waals surface area contributed by atoms with Gasteiger partial charge in [0.15, 0.2) is 11.5 Å². The number of amides is 1. The van der Waals surface area contributed by atoms with Gasteiger partial charge in [0, 0.05) is 25.2 Å². The number of hydrogen-bond acceptors (Lipinski definition) is 5. The molecule has 1 N–H and O–H groups in total. The molecule has 174 valence electrons. The van der Waals surface area contributed by atoms with Gasteiger partial charge in [0.2, 0.25) is 10.0 Å². The highest BCUT2D eigenvalue weighted by atomic mass is 35.5. The quantitative estimate of drug-likeness (QED) is 0.606. The van der Waals surface area contributed by atoms with Crippen LogP contribution in [0, 0.1) is 0 Å². The Morgan fingerprint density at radius 2 is 1.84 bits per heavy atom. The van der Waals surface area contributed by atoms with Gasteiger partial charge in [-0.1, -0.05) is 24.1 Å². The molecule has 2 aromatic carbocycles. The van der Waals surface area contributed by atoms with Crippen LogP contribution in [0.2, 0.25) is 5.02 Å². The Morgan fingerprint density at radius 1 is 1.12 bits per heavy atom. The van der Waals surface area contributed by atoms with Gasteiger partial charge < -0.3 is 14.8 Å². The molecule has 0 aromatic heterocycles. The molecule has 0 unspecified atom stereocenters. The highest BCUT2D eigenvalue weighted by Crippen LogP contribution is 2.30. The first-order chi connectivity index (χ1) is 15.2. The van der Waals surface area contributed by atoms with Crippen molar-refractivity contribution in [3.05, 3.63) is 52.5 Å². The number of carbonyl (C=O) groups excluding carboxylic acids is 1. The van der Waals surface area contributed by atoms with E-state index in [9.17, 15) is 22.0 Å². The molecule has 0 radical (unpaired) electrons. The molecule has 1 fully saturated rings. The predicted octanol–water partition coefficient (Wildman–Crippen LogP) is 4.05. The van der Waals surface area contributed by atoms with Crippen molar-refractivity contribution >= 4 is 27.5 Å². The fourth-order valence-corrected chi connectivity index (χ4v) is 5.41. The van der Waals surface area contributed by atoms with E-state index in [2.05, 4.69) is 10.1 Å². The third-order valence-electron chi connectivity index (χ3n) is 5.02. The molecule has 0 saturated carbocycles. The van der Waals surface area contributed by atoms with Gasteiger partial charge in [-0.15, -0.1) is 0 Å². The van der Waals surface area contributed by atoms with Gasteiger partial charge >= 0.3 is 6.61 Å². The topological polar surface area (TPSA) is 84.9 Å². The number of benzene rings is 2. The number of methoxy groups -OCH3 is 1. The zero-order valence-electron chi connectivity index (χ0n) is 17.3. The van der Waals surface area contributed by atoms with E-state index in [0.29, 0.717) is 18.7 Å². The number of ether oxygens (including phenoxy) is 2. The summed E-state index contributed by atoms with van der Waals surface area (Å²) in [4.78, 5) is 12.5. The number of carbonyl (C=O) groups is 1. The van der Waals surface area contributed by atoms with Crippen LogP contribution in [0.1, 0.15) is 35.2 Å². The molecule has 1 aliphatic rings. The number of sulfonamides is 1. The van der Waals surface area contributed by atoms with E-state index in [1.165, 1.54) is 41.7 Å². The minimum Gasteiger partial charge on any atom is -0.493 e. The summed E-state index contributed by atoms with van der Waals surface area (Å²) in [5.41, 5.74) is 0.604. The minimum atomic E-state index is -3.82. The third-order valence-corrected chi connectivity index (χ3v) is 7.40. The van der Waals surface area contributed by atoms with E-state index >= 15 is 0 Å². The van der Waals surface area contributed by atoms with Gasteiger partial charge in [0.25, 0.3) is 5.91 Å². The summed E-state index contributed by atoms with van der Waals surface area (Å²) >= 11 is 6.14. The average molecular weight is 489 g/mol. The normalized spacial score (nSPS) is 14.9. The van der Waals surface area contributed by atoms with Crippen molar-refractivity contribution in [1.82, 2.24) is 9.62 Å². The fraction of sp³-hybridized carbons (Fsp3) is 0.381. The van der Waals surface area contributed by atoms with Gasteiger partial charge in [-0.25, -0.2) is 8.42 Å². The molecular formula is C21H23ClF2N2O5S. The number of piperidine rings is 1. The molecule has 1 saturated heterocycles. The predicted molar refractivity (Wildman–Crippen MR) is 115 cm³/mol. The number of hydrogen-bond donors (Lipinski definition) is 1. The average Bonchev–Trinajstić information content (AvgIpc) is 2.78. The molecular weight excluding hydrogens is 466 g/mol. The lowest BCUT2D eigenvalue weighted by Gasteiger charge is -2.26. The zero-order chi connectivity index (χ0) is 23.3. The molecule has 1 aliphatic heterocycles. The lowest BCUT2D eigenvalue weighted by Crippen LogP contribution is -2.36. The summed E-state index contributed by atoms with van der Waals surface area (Å²) in [7, 11) is -2.50. The third kappa shape index (κ3) is 5.67. The second kappa shape index (κ2) is 10.5. The summed E-state index contributed by atoms with van der Waals surface area (Å²) in [5.74, 6) is -0.565. The summed E-state index contributed by atoms with van der Waals surface area (Å²) in [6, 6.07) is 8.41. The monoisotopic (exact) mass is 488 g/mol. The zero-order valence-corrected chi connectivity index (χ0v) is 18.9. The van der Waals surface area contributed by atoms with Crippen molar-refractivity contribution < 1.29 is 31.5 Å². The van der Waals surface area contributed by atoms with Crippen LogP contribution in [0.15, 0.2) is 41.3 Å². The van der Waals surface area contributed by atoms with Crippen molar-refractivity contribution in [2.45, 2.75) is 37.3 Å². The summed E-state index contributed by atoms with van der Waals surface area (Å²) < 4.78 is 61.9. The maximum absolute atomic E-state index is 13.0. The van der Waals surface area contributed by atoms with Gasteiger partial charge in [0.05, 0.1) is 12.1 Å². The van der Waals surface area contributed by atoms with E-state index in [0.717, 1.165) is 19.3 Å². The first-order valence-corrected chi connectivity index (χ1v) is 11.7. The summed E-state index contributed by atoms with van der Waals surface area (Å²) in [6.07, 6.45) is 2.52. The highest BCUT2D eigenvalue weighted by Gasteiger charge is 2.28. The molecule has 2 aromatic rings. The second-order valence-corrected chi connectivity index (χ2v) is 9.47. The largest absolute Gasteiger partial charge is 0.493 e. The van der Waals surface area contributed by atoms with Crippen LogP contribution >= 0.6 is 11.6 Å². The van der Waals surface area contributed by atoms with Crippen LogP contribution in [0.3, 0.4) is 0 Å². The van der Waals surface area contributed by atoms with Gasteiger partial charge in [-0.05, 0) is 48.7 Å². The van der Waals surface area contributed by atoms with E-state index in [1.807, 2.05) is 0 Å². The van der Waals surface area contributed by atoms with Crippen LogP contribution in [0.5, 0.6) is 11.5 Å². The van der Waals surface area contributed by atoms with Crippen LogP contribution in [-0.2, 0) is 16.6 Å². The van der Waals surface area contributed by atoms with E-state index in [1.54, 1.807) is 6.07 Å². The SMILES string of the molecule is COc1ccc(CNC(=O)c2ccc(Cl)c(S(=O)(=O)N3CCCCC3)c2)cc1OC(F)F. The number of alkyl halides is 2. The van der Waals surface area contributed by atoms with Crippen molar-refractivity contribution in [1.29, 1.82) is 0 Å². The molecule has 3 rings (SSSR count). The standard InChI is InChI=1S/C21H23ClF2N2O5S/c1-30-17-8-5-14(11-18(17)31-21(23)24)13-25-20(27)15-6-7-16(22)19(12-15)32(28,29)26-9-3-2-4-10-26/h5-8,11-12,21H,2-4,9-10,13H2,1H3,(H,25,27). The first kappa shape index (κ1) is 24.2. The maximum Gasteiger partial charge on any atom is 0.387 e. The van der Waals surface area contributed by atoms with Gasteiger partial charge in [0.1, 0.15) is 4.90 Å². The Hall–Kier alpha value is -2.43. The lowest BCUT2D eigenvalue weighted by molar-refractivity contribution is -0.0512. The summed E-state index contributed by atoms with van der Waals surface area (Å²) in [5, 5.41) is 2.67. The maximum atomic E-state index is 13.0. The van der Waals surface area contributed by atoms with E-state index < -0.39 is 22.5 Å². The van der Waals surface area contributed by atoms with Crippen LogP contribution in [0.4, 0.5) is 8.78 Å². The van der Waals surface area contributed by atoms with Gasteiger partial charge in [-0.2, -0.15) is 13.1 Å². The molecule has 0 aliphatic carbocycles. The van der Waals surface area contributed by atoms with Crippen molar-refractivity contribution in [3.8, 4) is 11.5 Å². The first-order valence-electron chi connectivity index (χ1n) is 9.92. The smallest absolute Gasteiger partial charge is 0.387 e. The Balaban J connectivity index is 1.75. The molecule has 7 nitrogen and oxygen atoms in total. The molecule has 1 amide bonds. The molecule has 0 spiro atoms. The van der Waals surface area contributed by atoms with E-state index in [-0.39, 0.29) is 33.5 Å². The minimum absolute atomic E-state index is 0.000734. The molecule has 0 atom stereocenters. The molecule has 32 heavy (non-hydrogen) atoms. The molecule has 1 heterocycles. The van der Waals surface area contributed by atoms with Crippen molar-refractivity contribution in [2.24, 2.45) is 0 Å². The fourth-order valence-electron chi connectivity index (χ4n) is 3.39. The highest BCUT2D eigenvalue weighted by molar-refractivity contribution is 7.89. The van der Waals surface area contributed by atoms with Crippen LogP contribution < -0.4 is 14.8 Å². The Morgan fingerprint density at radius 3 is 2.50 bits per heavy atom.